The van der Waals surface area contributed by atoms with Crippen molar-refractivity contribution in [3.8, 4) is 0 Å². The van der Waals surface area contributed by atoms with Crippen molar-refractivity contribution in [2.75, 3.05) is 5.75 Å². The maximum atomic E-state index is 11.4. The summed E-state index contributed by atoms with van der Waals surface area (Å²) in [5, 5.41) is 13.1. The molecule has 1 saturated carbocycles. The standard InChI is InChI=1S/C14H27NO2S/c1-4-5-6-9-18-11(2)10-14(3,13(16)17)15-12-7-8-12/h11-12,15H,4-10H2,1-3H3,(H,16,17). The van der Waals surface area contributed by atoms with Crippen LogP contribution in [0.15, 0.2) is 0 Å². The van der Waals surface area contributed by atoms with Gasteiger partial charge in [-0.2, -0.15) is 11.8 Å². The first-order chi connectivity index (χ1) is 8.48. The Morgan fingerprint density at radius 2 is 2.17 bits per heavy atom. The topological polar surface area (TPSA) is 49.3 Å². The van der Waals surface area contributed by atoms with Crippen LogP contribution in [0.3, 0.4) is 0 Å². The van der Waals surface area contributed by atoms with Crippen molar-refractivity contribution in [1.82, 2.24) is 5.32 Å². The number of rotatable bonds is 10. The second-order valence-electron chi connectivity index (χ2n) is 5.65. The maximum absolute atomic E-state index is 11.4. The Labute approximate surface area is 115 Å². The van der Waals surface area contributed by atoms with Crippen LogP contribution in [0.25, 0.3) is 0 Å². The minimum atomic E-state index is -0.752. The average molecular weight is 273 g/mol. The molecular weight excluding hydrogens is 246 g/mol. The molecule has 0 aromatic heterocycles. The molecule has 0 saturated heterocycles. The van der Waals surface area contributed by atoms with Crippen molar-refractivity contribution in [3.05, 3.63) is 0 Å². The van der Waals surface area contributed by atoms with Gasteiger partial charge in [-0.25, -0.2) is 0 Å². The number of carbonyl (C=O) groups is 1. The molecule has 0 aliphatic heterocycles. The van der Waals surface area contributed by atoms with Gasteiger partial charge in [-0.3, -0.25) is 10.1 Å². The molecule has 0 spiro atoms. The van der Waals surface area contributed by atoms with Crippen molar-refractivity contribution in [1.29, 1.82) is 0 Å². The van der Waals surface area contributed by atoms with Crippen molar-refractivity contribution in [3.63, 3.8) is 0 Å². The number of carboxylic acids is 1. The molecule has 1 fully saturated rings. The summed E-state index contributed by atoms with van der Waals surface area (Å²) in [6.07, 6.45) is 6.71. The molecule has 0 bridgehead atoms. The Morgan fingerprint density at radius 3 is 2.67 bits per heavy atom. The molecule has 106 valence electrons. The summed E-state index contributed by atoms with van der Waals surface area (Å²) in [6, 6.07) is 0.434. The van der Waals surface area contributed by atoms with Gasteiger partial charge in [-0.15, -0.1) is 0 Å². The van der Waals surface area contributed by atoms with Crippen LogP contribution in [0.1, 0.15) is 59.3 Å². The smallest absolute Gasteiger partial charge is 0.323 e. The third-order valence-electron chi connectivity index (χ3n) is 3.42. The molecule has 2 unspecified atom stereocenters. The van der Waals surface area contributed by atoms with Crippen molar-refractivity contribution in [2.45, 2.75) is 76.1 Å². The van der Waals surface area contributed by atoms with E-state index in [1.807, 2.05) is 18.7 Å². The lowest BCUT2D eigenvalue weighted by Crippen LogP contribution is -2.52. The predicted molar refractivity (Wildman–Crippen MR) is 78.3 cm³/mol. The normalized spacial score (nSPS) is 20.4. The average Bonchev–Trinajstić information content (AvgIpc) is 3.07. The molecule has 2 N–H and O–H groups in total. The monoisotopic (exact) mass is 273 g/mol. The van der Waals surface area contributed by atoms with Crippen LogP contribution in [0.4, 0.5) is 0 Å². The molecule has 1 aliphatic rings. The van der Waals surface area contributed by atoms with E-state index in [1.165, 1.54) is 19.3 Å². The minimum Gasteiger partial charge on any atom is -0.480 e. The van der Waals surface area contributed by atoms with Gasteiger partial charge in [0.2, 0.25) is 0 Å². The van der Waals surface area contributed by atoms with E-state index in [9.17, 15) is 9.90 Å². The van der Waals surface area contributed by atoms with Crippen LogP contribution in [-0.2, 0) is 4.79 Å². The maximum Gasteiger partial charge on any atom is 0.323 e. The Balaban J connectivity index is 2.32. The summed E-state index contributed by atoms with van der Waals surface area (Å²) >= 11 is 1.90. The molecule has 0 heterocycles. The largest absolute Gasteiger partial charge is 0.480 e. The van der Waals surface area contributed by atoms with Gasteiger partial charge in [0.1, 0.15) is 5.54 Å². The summed E-state index contributed by atoms with van der Waals surface area (Å²) in [6.45, 7) is 6.18. The van der Waals surface area contributed by atoms with Crippen LogP contribution < -0.4 is 5.32 Å². The Kier molecular flexibility index (Phi) is 6.50. The summed E-state index contributed by atoms with van der Waals surface area (Å²) in [7, 11) is 0. The highest BCUT2D eigenvalue weighted by molar-refractivity contribution is 7.99. The zero-order valence-electron chi connectivity index (χ0n) is 11.9. The van der Waals surface area contributed by atoms with Gasteiger partial charge in [-0.05, 0) is 38.4 Å². The van der Waals surface area contributed by atoms with E-state index < -0.39 is 11.5 Å². The van der Waals surface area contributed by atoms with E-state index in [4.69, 9.17) is 0 Å². The van der Waals surface area contributed by atoms with E-state index >= 15 is 0 Å². The molecule has 0 aromatic rings. The highest BCUT2D eigenvalue weighted by Crippen LogP contribution is 2.28. The number of hydrogen-bond acceptors (Lipinski definition) is 3. The van der Waals surface area contributed by atoms with Crippen LogP contribution >= 0.6 is 11.8 Å². The van der Waals surface area contributed by atoms with Gasteiger partial charge in [-0.1, -0.05) is 26.7 Å². The first kappa shape index (κ1) is 15.8. The molecule has 0 amide bonds. The Hall–Kier alpha value is -0.220. The van der Waals surface area contributed by atoms with Gasteiger partial charge in [0.15, 0.2) is 0 Å². The van der Waals surface area contributed by atoms with E-state index in [0.29, 0.717) is 17.7 Å². The predicted octanol–water partition coefficient (Wildman–Crippen LogP) is 3.28. The first-order valence-electron chi connectivity index (χ1n) is 7.10. The fourth-order valence-corrected chi connectivity index (χ4v) is 3.38. The molecule has 0 radical (unpaired) electrons. The molecule has 1 rings (SSSR count). The fraction of sp³-hybridized carbons (Fsp3) is 0.929. The van der Waals surface area contributed by atoms with Gasteiger partial charge in [0, 0.05) is 11.3 Å². The lowest BCUT2D eigenvalue weighted by atomic mass is 9.96. The van der Waals surface area contributed by atoms with Crippen LogP contribution in [0, 0.1) is 0 Å². The van der Waals surface area contributed by atoms with Gasteiger partial charge in [0.25, 0.3) is 0 Å². The zero-order valence-corrected chi connectivity index (χ0v) is 12.7. The summed E-state index contributed by atoms with van der Waals surface area (Å²) in [4.78, 5) is 11.4. The number of unbranched alkanes of at least 4 members (excludes halogenated alkanes) is 2. The highest BCUT2D eigenvalue weighted by Gasteiger charge is 2.39. The first-order valence-corrected chi connectivity index (χ1v) is 8.15. The molecule has 2 atom stereocenters. The van der Waals surface area contributed by atoms with Gasteiger partial charge >= 0.3 is 5.97 Å². The quantitative estimate of drug-likeness (QED) is 0.600. The summed E-state index contributed by atoms with van der Waals surface area (Å²) in [5.74, 6) is 0.434. The van der Waals surface area contributed by atoms with Crippen LogP contribution in [0.2, 0.25) is 0 Å². The molecular formula is C14H27NO2S. The number of thioether (sulfide) groups is 1. The number of hydrogen-bond donors (Lipinski definition) is 2. The molecule has 3 nitrogen and oxygen atoms in total. The van der Waals surface area contributed by atoms with Gasteiger partial charge < -0.3 is 5.11 Å². The Bertz CT molecular complexity index is 269. The zero-order chi connectivity index (χ0) is 13.6. The third-order valence-corrected chi connectivity index (χ3v) is 4.68. The number of aliphatic carboxylic acids is 1. The van der Waals surface area contributed by atoms with E-state index in [-0.39, 0.29) is 0 Å². The van der Waals surface area contributed by atoms with E-state index in [0.717, 1.165) is 18.6 Å². The summed E-state index contributed by atoms with van der Waals surface area (Å²) < 4.78 is 0. The lowest BCUT2D eigenvalue weighted by molar-refractivity contribution is -0.144. The number of carboxylic acid groups (broad SMARTS) is 1. The molecule has 4 heteroatoms. The number of nitrogens with one attached hydrogen (secondary N) is 1. The lowest BCUT2D eigenvalue weighted by Gasteiger charge is -2.29. The molecule has 18 heavy (non-hydrogen) atoms. The van der Waals surface area contributed by atoms with E-state index in [1.54, 1.807) is 0 Å². The van der Waals surface area contributed by atoms with E-state index in [2.05, 4.69) is 19.2 Å². The fourth-order valence-electron chi connectivity index (χ4n) is 2.16. The van der Waals surface area contributed by atoms with Crippen molar-refractivity contribution < 1.29 is 9.90 Å². The van der Waals surface area contributed by atoms with Crippen molar-refractivity contribution in [2.24, 2.45) is 0 Å². The summed E-state index contributed by atoms with van der Waals surface area (Å²) in [5.41, 5.74) is -0.752. The molecule has 0 aromatic carbocycles. The Morgan fingerprint density at radius 1 is 1.50 bits per heavy atom. The minimum absolute atomic E-state index is 0.397. The van der Waals surface area contributed by atoms with Gasteiger partial charge in [0.05, 0.1) is 0 Å². The molecule has 1 aliphatic carbocycles. The van der Waals surface area contributed by atoms with Crippen LogP contribution in [-0.4, -0.2) is 33.7 Å². The highest BCUT2D eigenvalue weighted by atomic mass is 32.2. The third kappa shape index (κ3) is 5.61. The van der Waals surface area contributed by atoms with Crippen LogP contribution in [0.5, 0.6) is 0 Å². The van der Waals surface area contributed by atoms with Crippen molar-refractivity contribution >= 4 is 17.7 Å². The SMILES string of the molecule is CCCCCSC(C)CC(C)(NC1CC1)C(=O)O. The second-order valence-corrected chi connectivity index (χ2v) is 7.19. The second kappa shape index (κ2) is 7.39.